The van der Waals surface area contributed by atoms with E-state index in [0.717, 1.165) is 66.8 Å². The van der Waals surface area contributed by atoms with Crippen molar-refractivity contribution in [1.82, 2.24) is 0 Å². The van der Waals surface area contributed by atoms with E-state index in [2.05, 4.69) is 364 Å². The largest absolute Gasteiger partial charge is 0.370 e. The first-order chi connectivity index (χ1) is 42.2. The van der Waals surface area contributed by atoms with E-state index in [1.165, 1.54) is 0 Å². The molecule has 12 aromatic carbocycles. The Balaban J connectivity index is 1.36. The van der Waals surface area contributed by atoms with Gasteiger partial charge in [-0.15, -0.1) is 0 Å². The molecule has 0 aromatic heterocycles. The van der Waals surface area contributed by atoms with Crippen LogP contribution in [0.5, 0.6) is 0 Å². The molecule has 2 aliphatic rings. The van der Waals surface area contributed by atoms with Crippen LogP contribution in [0.2, 0.25) is 0 Å². The van der Waals surface area contributed by atoms with E-state index < -0.39 is 45.1 Å². The van der Waals surface area contributed by atoms with Gasteiger partial charge in [0.15, 0.2) is 0 Å². The first-order valence-electron chi connectivity index (χ1n) is 29.8. The van der Waals surface area contributed by atoms with E-state index in [1.807, 2.05) is 0 Å². The highest BCUT2D eigenvalue weighted by Gasteiger charge is 2.82. The molecule has 412 valence electrons. The SMILES string of the molecule is c1ccc(C(c2ccccc2)(c2ccccc2)C(OC(C2CO2)(C(c2ccccc2)(c2ccccc2)c2ccccc2)C(c2ccccc2)(c2ccccc2)c2ccccc2)(C2CO2)C(c2ccccc2)(c2ccccc2)c2ccccc2)cc1. The zero-order chi connectivity index (χ0) is 57.0. The third-order valence-electron chi connectivity index (χ3n) is 18.6. The number of hydrogen-bond donors (Lipinski definition) is 0. The quantitative estimate of drug-likeness (QED) is 0.0563. The van der Waals surface area contributed by atoms with E-state index in [9.17, 15) is 4.74 Å². The molecule has 12 aromatic rings. The van der Waals surface area contributed by atoms with Crippen molar-refractivity contribution < 1.29 is 14.2 Å². The Morgan fingerprint density at radius 1 is 0.188 bits per heavy atom. The zero-order valence-electron chi connectivity index (χ0n) is 47.4. The Morgan fingerprint density at radius 3 is 0.388 bits per heavy atom. The standard InChI is InChI=1S/C82H66O3/c1-13-37-63(38-14-1)77(64-39-15-2-16-40-64,65-41-17-3-18-42-65)81(75-61-83-75,78(66-43-19-4-20-44-66,67-45-21-5-22-46-67)68-47-23-6-24-48-68)85-82(76-62-84-76,79(69-49-25-7-26-50-69,70-51-27-8-28-52-70)71-53-29-9-30-54-71)80(72-55-31-10-32-56-72,73-57-33-11-34-58-73)74-59-35-12-36-60-74/h1-60,75-76H,61-62H2. The van der Waals surface area contributed by atoms with E-state index in [1.54, 1.807) is 0 Å². The number of hydrogen-bond acceptors (Lipinski definition) is 3. The van der Waals surface area contributed by atoms with Crippen LogP contribution in [-0.4, -0.2) is 36.6 Å². The van der Waals surface area contributed by atoms with Gasteiger partial charge >= 0.3 is 0 Å². The van der Waals surface area contributed by atoms with Crippen LogP contribution in [0.3, 0.4) is 0 Å². The van der Waals surface area contributed by atoms with Crippen LogP contribution in [0.4, 0.5) is 0 Å². The molecule has 2 unspecified atom stereocenters. The highest BCUT2D eigenvalue weighted by molar-refractivity contribution is 5.70. The lowest BCUT2D eigenvalue weighted by molar-refractivity contribution is -0.250. The summed E-state index contributed by atoms with van der Waals surface area (Å²) in [5.74, 6) is 0. The van der Waals surface area contributed by atoms with Gasteiger partial charge in [0.1, 0.15) is 23.4 Å². The Hall–Kier alpha value is -9.48. The Kier molecular flexibility index (Phi) is 14.2. The zero-order valence-corrected chi connectivity index (χ0v) is 47.4. The lowest BCUT2D eigenvalue weighted by Gasteiger charge is -2.68. The lowest BCUT2D eigenvalue weighted by Crippen LogP contribution is -2.79. The van der Waals surface area contributed by atoms with Crippen LogP contribution >= 0.6 is 0 Å². The summed E-state index contributed by atoms with van der Waals surface area (Å²) in [4.78, 5) is 0. The van der Waals surface area contributed by atoms with Gasteiger partial charge in [-0.3, -0.25) is 0 Å². The van der Waals surface area contributed by atoms with Crippen molar-refractivity contribution in [2.24, 2.45) is 0 Å². The molecular formula is C82H66O3. The average Bonchev–Trinajstić information content (AvgIpc) is 1.36. The van der Waals surface area contributed by atoms with Crippen LogP contribution < -0.4 is 0 Å². The third-order valence-corrected chi connectivity index (χ3v) is 18.6. The molecule has 0 N–H and O–H groups in total. The van der Waals surface area contributed by atoms with Gasteiger partial charge in [-0.05, 0) is 66.8 Å². The van der Waals surface area contributed by atoms with E-state index in [4.69, 9.17) is 9.47 Å². The van der Waals surface area contributed by atoms with Crippen molar-refractivity contribution in [3.05, 3.63) is 431 Å². The van der Waals surface area contributed by atoms with E-state index >= 15 is 0 Å². The minimum atomic E-state index is -1.65. The molecule has 3 heteroatoms. The molecule has 2 saturated heterocycles. The van der Waals surface area contributed by atoms with Gasteiger partial charge in [0, 0.05) is 0 Å². The maximum atomic E-state index is 10.5. The molecule has 3 nitrogen and oxygen atoms in total. The van der Waals surface area contributed by atoms with Gasteiger partial charge < -0.3 is 14.2 Å². The van der Waals surface area contributed by atoms with Gasteiger partial charge in [-0.25, -0.2) is 0 Å². The number of epoxide rings is 2. The monoisotopic (exact) mass is 1100 g/mol. The summed E-state index contributed by atoms with van der Waals surface area (Å²) in [6.45, 7) is 0.738. The molecule has 2 aliphatic heterocycles. The molecule has 2 heterocycles. The average molecular weight is 1100 g/mol. The fourth-order valence-corrected chi connectivity index (χ4v) is 15.6. The summed E-state index contributed by atoms with van der Waals surface area (Å²) in [5, 5.41) is 0. The summed E-state index contributed by atoms with van der Waals surface area (Å²) >= 11 is 0. The van der Waals surface area contributed by atoms with Crippen molar-refractivity contribution >= 4 is 0 Å². The van der Waals surface area contributed by atoms with Crippen molar-refractivity contribution in [1.29, 1.82) is 0 Å². The third kappa shape index (κ3) is 8.21. The fraction of sp³-hybridized carbons (Fsp3) is 0.122. The van der Waals surface area contributed by atoms with Crippen molar-refractivity contribution in [3.63, 3.8) is 0 Å². The smallest absolute Gasteiger partial charge is 0.133 e. The molecule has 85 heavy (non-hydrogen) atoms. The van der Waals surface area contributed by atoms with E-state index in [-0.39, 0.29) is 0 Å². The molecule has 2 fully saturated rings. The molecule has 2 atom stereocenters. The highest BCUT2D eigenvalue weighted by atomic mass is 16.7. The van der Waals surface area contributed by atoms with Crippen molar-refractivity contribution in [3.8, 4) is 0 Å². The summed E-state index contributed by atoms with van der Waals surface area (Å²) in [6, 6.07) is 134. The predicted octanol–water partition coefficient (Wildman–Crippen LogP) is 17.4. The molecule has 0 saturated carbocycles. The minimum absolute atomic E-state index is 0.369. The maximum absolute atomic E-state index is 10.5. The van der Waals surface area contributed by atoms with Gasteiger partial charge in [0.25, 0.3) is 0 Å². The van der Waals surface area contributed by atoms with Crippen LogP contribution in [0.1, 0.15) is 66.8 Å². The van der Waals surface area contributed by atoms with Gasteiger partial charge in [0.2, 0.25) is 0 Å². The summed E-state index contributed by atoms with van der Waals surface area (Å²) in [7, 11) is 0. The van der Waals surface area contributed by atoms with Crippen LogP contribution in [0, 0.1) is 0 Å². The maximum Gasteiger partial charge on any atom is 0.133 e. The normalized spacial score (nSPS) is 15.4. The second kappa shape index (κ2) is 22.6. The van der Waals surface area contributed by atoms with E-state index in [0.29, 0.717) is 13.2 Å². The van der Waals surface area contributed by atoms with Gasteiger partial charge in [0.05, 0.1) is 34.9 Å². The van der Waals surface area contributed by atoms with Crippen LogP contribution in [0.25, 0.3) is 0 Å². The first kappa shape index (κ1) is 53.5. The second-order valence-electron chi connectivity index (χ2n) is 22.6. The summed E-state index contributed by atoms with van der Waals surface area (Å²) in [5.41, 5.74) is 3.95. The Bertz CT molecular complexity index is 3140. The highest BCUT2D eigenvalue weighted by Crippen LogP contribution is 2.73. The molecule has 0 bridgehead atoms. The minimum Gasteiger partial charge on any atom is -0.370 e. The molecule has 14 rings (SSSR count). The number of benzene rings is 12. The molecule has 0 aliphatic carbocycles. The van der Waals surface area contributed by atoms with Crippen molar-refractivity contribution in [2.45, 2.75) is 45.1 Å². The Morgan fingerprint density at radius 2 is 0.294 bits per heavy atom. The fourth-order valence-electron chi connectivity index (χ4n) is 15.6. The summed E-state index contributed by atoms with van der Waals surface area (Å²) < 4.78 is 25.8. The predicted molar refractivity (Wildman–Crippen MR) is 343 cm³/mol. The lowest BCUT2D eigenvalue weighted by atomic mass is 9.42. The second-order valence-corrected chi connectivity index (χ2v) is 22.6. The topological polar surface area (TPSA) is 34.3 Å². The Labute approximate surface area is 500 Å². The molecule has 0 amide bonds. The van der Waals surface area contributed by atoms with Crippen LogP contribution in [0.15, 0.2) is 364 Å². The van der Waals surface area contributed by atoms with Gasteiger partial charge in [-0.1, -0.05) is 364 Å². The number of rotatable bonds is 20. The molecule has 0 radical (unpaired) electrons. The van der Waals surface area contributed by atoms with Gasteiger partial charge in [-0.2, -0.15) is 0 Å². The molecule has 0 spiro atoms. The first-order valence-corrected chi connectivity index (χ1v) is 29.8. The molecular weight excluding hydrogens is 1030 g/mol. The van der Waals surface area contributed by atoms with Crippen molar-refractivity contribution in [2.75, 3.05) is 13.2 Å². The summed E-state index contributed by atoms with van der Waals surface area (Å²) in [6.07, 6.45) is -1.29. The number of ether oxygens (including phenoxy) is 3. The van der Waals surface area contributed by atoms with Crippen LogP contribution in [-0.2, 0) is 35.9 Å².